The molecule has 2 aliphatic heterocycles. The maximum atomic E-state index is 12.1. The quantitative estimate of drug-likeness (QED) is 0.721. The van der Waals surface area contributed by atoms with Gasteiger partial charge in [0.25, 0.3) is 0 Å². The highest BCUT2D eigenvalue weighted by atomic mass is 32.1. The molecule has 0 unspecified atom stereocenters. The van der Waals surface area contributed by atoms with Gasteiger partial charge in [0.15, 0.2) is 5.13 Å². The van der Waals surface area contributed by atoms with E-state index < -0.39 is 0 Å². The lowest BCUT2D eigenvalue weighted by molar-refractivity contribution is -0.127. The number of carbonyl (C=O) groups excluding carboxylic acids is 2. The van der Waals surface area contributed by atoms with Crippen molar-refractivity contribution in [3.05, 3.63) is 11.1 Å². The van der Waals surface area contributed by atoms with Crippen molar-refractivity contribution in [1.82, 2.24) is 20.1 Å². The summed E-state index contributed by atoms with van der Waals surface area (Å²) in [5, 5.41) is 6.13. The molecule has 0 atom stereocenters. The standard InChI is InChI=1S/C17H27N5O2S/c1-14-13-25-17(19-14)22-10-8-20(9-11-22)12-15(23)18-5-3-7-21-6-2-4-16(21)24/h13H,2-12H2,1H3,(H,18,23). The first-order valence-corrected chi connectivity index (χ1v) is 9.94. The molecule has 0 aromatic carbocycles. The molecule has 1 N–H and O–H groups in total. The minimum Gasteiger partial charge on any atom is -0.355 e. The van der Waals surface area contributed by atoms with E-state index in [-0.39, 0.29) is 11.8 Å². The molecule has 138 valence electrons. The van der Waals surface area contributed by atoms with E-state index in [1.165, 1.54) is 0 Å². The molecule has 8 heteroatoms. The van der Waals surface area contributed by atoms with Crippen LogP contribution in [-0.2, 0) is 9.59 Å². The average molecular weight is 366 g/mol. The maximum absolute atomic E-state index is 12.1. The largest absolute Gasteiger partial charge is 0.355 e. The van der Waals surface area contributed by atoms with Gasteiger partial charge in [0.2, 0.25) is 11.8 Å². The normalized spacial score (nSPS) is 18.8. The molecule has 1 aromatic rings. The predicted octanol–water partition coefficient (Wildman–Crippen LogP) is 0.702. The summed E-state index contributed by atoms with van der Waals surface area (Å²) in [7, 11) is 0. The first-order valence-electron chi connectivity index (χ1n) is 9.06. The molecule has 3 heterocycles. The monoisotopic (exact) mass is 365 g/mol. The van der Waals surface area contributed by atoms with Crippen LogP contribution >= 0.6 is 11.3 Å². The minimum absolute atomic E-state index is 0.0753. The summed E-state index contributed by atoms with van der Waals surface area (Å²) in [6.45, 7) is 8.33. The Morgan fingerprint density at radius 2 is 2.08 bits per heavy atom. The minimum atomic E-state index is 0.0753. The molecule has 0 spiro atoms. The Balaban J connectivity index is 1.29. The van der Waals surface area contributed by atoms with Gasteiger partial charge >= 0.3 is 0 Å². The highest BCUT2D eigenvalue weighted by Crippen LogP contribution is 2.21. The number of amides is 2. The number of rotatable bonds is 7. The Morgan fingerprint density at radius 1 is 1.28 bits per heavy atom. The van der Waals surface area contributed by atoms with Crippen LogP contribution in [-0.4, -0.2) is 79.0 Å². The molecule has 0 radical (unpaired) electrons. The van der Waals surface area contributed by atoms with Crippen molar-refractivity contribution >= 4 is 28.3 Å². The SMILES string of the molecule is Cc1csc(N2CCN(CC(=O)NCCCN3CCCC3=O)CC2)n1. The fourth-order valence-electron chi connectivity index (χ4n) is 3.28. The molecular formula is C17H27N5O2S. The second-order valence-corrected chi connectivity index (χ2v) is 7.56. The lowest BCUT2D eigenvalue weighted by Crippen LogP contribution is -2.49. The van der Waals surface area contributed by atoms with E-state index in [1.807, 2.05) is 11.8 Å². The van der Waals surface area contributed by atoms with Crippen molar-refractivity contribution in [2.75, 3.05) is 57.3 Å². The third-order valence-electron chi connectivity index (χ3n) is 4.72. The second kappa shape index (κ2) is 8.62. The van der Waals surface area contributed by atoms with Crippen LogP contribution in [0.25, 0.3) is 0 Å². The van der Waals surface area contributed by atoms with Gasteiger partial charge in [-0.15, -0.1) is 11.3 Å². The number of hydrogen-bond acceptors (Lipinski definition) is 6. The number of aromatic nitrogens is 1. The van der Waals surface area contributed by atoms with Crippen LogP contribution in [0.2, 0.25) is 0 Å². The molecule has 0 bridgehead atoms. The van der Waals surface area contributed by atoms with Gasteiger partial charge < -0.3 is 15.1 Å². The predicted molar refractivity (Wildman–Crippen MR) is 98.9 cm³/mol. The number of anilines is 1. The summed E-state index contributed by atoms with van der Waals surface area (Å²) in [6.07, 6.45) is 2.48. The molecule has 0 aliphatic carbocycles. The zero-order valence-corrected chi connectivity index (χ0v) is 15.7. The van der Waals surface area contributed by atoms with Crippen LogP contribution < -0.4 is 10.2 Å². The molecule has 3 rings (SSSR count). The fourth-order valence-corrected chi connectivity index (χ4v) is 4.14. The smallest absolute Gasteiger partial charge is 0.234 e. The first kappa shape index (κ1) is 18.1. The molecule has 2 saturated heterocycles. The Hall–Kier alpha value is -1.67. The summed E-state index contributed by atoms with van der Waals surface area (Å²) >= 11 is 1.68. The topological polar surface area (TPSA) is 68.8 Å². The summed E-state index contributed by atoms with van der Waals surface area (Å²) in [5.41, 5.74) is 1.07. The fraction of sp³-hybridized carbons (Fsp3) is 0.706. The third kappa shape index (κ3) is 5.15. The van der Waals surface area contributed by atoms with Crippen LogP contribution in [0, 0.1) is 6.92 Å². The van der Waals surface area contributed by atoms with Crippen molar-refractivity contribution in [2.24, 2.45) is 0 Å². The summed E-state index contributed by atoms with van der Waals surface area (Å²) in [5.74, 6) is 0.325. The zero-order chi connectivity index (χ0) is 17.6. The number of aryl methyl sites for hydroxylation is 1. The average Bonchev–Trinajstić information content (AvgIpc) is 3.21. The maximum Gasteiger partial charge on any atom is 0.234 e. The van der Waals surface area contributed by atoms with E-state index in [9.17, 15) is 9.59 Å². The van der Waals surface area contributed by atoms with Crippen molar-refractivity contribution in [1.29, 1.82) is 0 Å². The summed E-state index contributed by atoms with van der Waals surface area (Å²) < 4.78 is 0. The summed E-state index contributed by atoms with van der Waals surface area (Å²) in [6, 6.07) is 0. The van der Waals surface area contributed by atoms with E-state index in [0.29, 0.717) is 19.5 Å². The van der Waals surface area contributed by atoms with Crippen LogP contribution in [0.1, 0.15) is 25.0 Å². The van der Waals surface area contributed by atoms with E-state index in [0.717, 1.165) is 62.9 Å². The summed E-state index contributed by atoms with van der Waals surface area (Å²) in [4.78, 5) is 34.5. The number of likely N-dealkylation sites (tertiary alicyclic amines) is 1. The van der Waals surface area contributed by atoms with Crippen LogP contribution in [0.5, 0.6) is 0 Å². The van der Waals surface area contributed by atoms with E-state index in [2.05, 4.69) is 25.5 Å². The van der Waals surface area contributed by atoms with E-state index >= 15 is 0 Å². The second-order valence-electron chi connectivity index (χ2n) is 6.72. The molecule has 2 aliphatic rings. The Bertz CT molecular complexity index is 598. The van der Waals surface area contributed by atoms with Crippen LogP contribution in [0.3, 0.4) is 0 Å². The molecule has 2 amide bonds. The Morgan fingerprint density at radius 3 is 2.72 bits per heavy atom. The Labute approximate surface area is 153 Å². The number of nitrogens with zero attached hydrogens (tertiary/aromatic N) is 4. The van der Waals surface area contributed by atoms with E-state index in [1.54, 1.807) is 11.3 Å². The number of nitrogens with one attached hydrogen (secondary N) is 1. The number of piperazine rings is 1. The Kier molecular flexibility index (Phi) is 6.25. The molecule has 0 saturated carbocycles. The first-order chi connectivity index (χ1) is 12.1. The van der Waals surface area contributed by atoms with Gasteiger partial charge in [-0.1, -0.05) is 0 Å². The van der Waals surface area contributed by atoms with Gasteiger partial charge in [0.1, 0.15) is 0 Å². The zero-order valence-electron chi connectivity index (χ0n) is 14.9. The molecular weight excluding hydrogens is 338 g/mol. The van der Waals surface area contributed by atoms with Crippen LogP contribution in [0.15, 0.2) is 5.38 Å². The van der Waals surface area contributed by atoms with Crippen molar-refractivity contribution in [3.63, 3.8) is 0 Å². The highest BCUT2D eigenvalue weighted by Gasteiger charge is 2.21. The van der Waals surface area contributed by atoms with Gasteiger partial charge in [-0.2, -0.15) is 0 Å². The molecule has 25 heavy (non-hydrogen) atoms. The van der Waals surface area contributed by atoms with Gasteiger partial charge in [0.05, 0.1) is 12.2 Å². The highest BCUT2D eigenvalue weighted by molar-refractivity contribution is 7.13. The van der Waals surface area contributed by atoms with Crippen molar-refractivity contribution in [3.8, 4) is 0 Å². The van der Waals surface area contributed by atoms with Gasteiger partial charge in [-0.25, -0.2) is 4.98 Å². The molecule has 1 aromatic heterocycles. The lowest BCUT2D eigenvalue weighted by Gasteiger charge is -2.34. The number of hydrogen-bond donors (Lipinski definition) is 1. The number of carbonyl (C=O) groups is 2. The van der Waals surface area contributed by atoms with Crippen molar-refractivity contribution in [2.45, 2.75) is 26.2 Å². The number of thiazole rings is 1. The van der Waals surface area contributed by atoms with Crippen LogP contribution in [0.4, 0.5) is 5.13 Å². The van der Waals surface area contributed by atoms with E-state index in [4.69, 9.17) is 0 Å². The third-order valence-corrected chi connectivity index (χ3v) is 5.73. The molecule has 2 fully saturated rings. The van der Waals surface area contributed by atoms with Crippen molar-refractivity contribution < 1.29 is 9.59 Å². The lowest BCUT2D eigenvalue weighted by atomic mass is 10.3. The molecule has 7 nitrogen and oxygen atoms in total. The van der Waals surface area contributed by atoms with Gasteiger partial charge in [-0.05, 0) is 19.8 Å². The van der Waals surface area contributed by atoms with Gasteiger partial charge in [-0.3, -0.25) is 14.5 Å². The van der Waals surface area contributed by atoms with Gasteiger partial charge in [0, 0.05) is 57.6 Å².